The van der Waals surface area contributed by atoms with Crippen LogP contribution in [0.15, 0.2) is 109 Å². The zero-order valence-electron chi connectivity index (χ0n) is 36.3. The normalized spacial score (nSPS) is 12.7. The molecule has 0 nitrogen and oxygen atoms in total. The first-order valence-electron chi connectivity index (χ1n) is 21.2. The molecule has 0 aliphatic carbocycles. The lowest BCUT2D eigenvalue weighted by Crippen LogP contribution is -2.69. The van der Waals surface area contributed by atoms with Crippen molar-refractivity contribution in [2.45, 2.75) is 84.1 Å². The Bertz CT molecular complexity index is 2590. The minimum Gasteiger partial charge on any atom is -0.144 e. The SMILES string of the molecule is CCc1ccc(-c2ccc(-c3ccc([Si](C)(C)C([Si](C)(C)c4ccc(-c5ccc(-c6ccc(CC)s6)s5)s4)[Si](C)(C)c4ccc(-c5ccc(-c6ccc(CC)s6)s5)s4)s3)s2)s1. The Labute approximate surface area is 402 Å². The molecule has 0 aromatic carbocycles. The van der Waals surface area contributed by atoms with Gasteiger partial charge < -0.3 is 0 Å². The predicted molar refractivity (Wildman–Crippen MR) is 296 cm³/mol. The first kappa shape index (κ1) is 44.2. The van der Waals surface area contributed by atoms with Crippen LogP contribution >= 0.6 is 102 Å². The van der Waals surface area contributed by atoms with Crippen LogP contribution in [0.25, 0.3) is 58.5 Å². The Hall–Kier alpha value is -2.05. The molecule has 0 N–H and O–H groups in total. The molecule has 9 aromatic rings. The van der Waals surface area contributed by atoms with Gasteiger partial charge in [-0.3, -0.25) is 0 Å². The summed E-state index contributed by atoms with van der Waals surface area (Å²) in [4.78, 5) is 22.0. The molecule has 0 radical (unpaired) electrons. The number of hydrogen-bond acceptors (Lipinski definition) is 9. The van der Waals surface area contributed by atoms with Crippen LogP contribution in [0, 0.1) is 0 Å². The molecular weight excluding hydrogens is 961 g/mol. The first-order chi connectivity index (χ1) is 29.3. The van der Waals surface area contributed by atoms with E-state index in [2.05, 4.69) is 203 Å². The van der Waals surface area contributed by atoms with Crippen molar-refractivity contribution < 1.29 is 0 Å². The second-order valence-corrected chi connectivity index (χ2v) is 43.9. The summed E-state index contributed by atoms with van der Waals surface area (Å²) in [6, 6.07) is 43.1. The molecule has 0 aliphatic heterocycles. The number of hydrogen-bond donors (Lipinski definition) is 0. The van der Waals surface area contributed by atoms with Gasteiger partial charge in [0.25, 0.3) is 0 Å². The smallest absolute Gasteiger partial charge is 0.0920 e. The highest BCUT2D eigenvalue weighted by atomic mass is 32.1. The van der Waals surface area contributed by atoms with Gasteiger partial charge in [0.05, 0.1) is 24.2 Å². The van der Waals surface area contributed by atoms with E-state index in [4.69, 9.17) is 0 Å². The lowest BCUT2D eigenvalue weighted by atomic mass is 10.3. The van der Waals surface area contributed by atoms with Crippen LogP contribution in [0.4, 0.5) is 0 Å². The van der Waals surface area contributed by atoms with E-state index in [9.17, 15) is 0 Å². The van der Waals surface area contributed by atoms with E-state index in [1.54, 1.807) is 13.5 Å². The molecule has 0 fully saturated rings. The van der Waals surface area contributed by atoms with Crippen molar-refractivity contribution in [2.75, 3.05) is 0 Å². The molecule has 9 rings (SSSR count). The summed E-state index contributed by atoms with van der Waals surface area (Å²) in [6.45, 7) is 23.2. The number of thiophene rings is 9. The van der Waals surface area contributed by atoms with Gasteiger partial charge >= 0.3 is 0 Å². The highest BCUT2D eigenvalue weighted by molar-refractivity contribution is 7.42. The van der Waals surface area contributed by atoms with Crippen molar-refractivity contribution in [1.29, 1.82) is 0 Å². The van der Waals surface area contributed by atoms with Crippen molar-refractivity contribution in [3.05, 3.63) is 124 Å². The van der Waals surface area contributed by atoms with E-state index in [1.807, 2.05) is 68.0 Å². The van der Waals surface area contributed by atoms with Crippen LogP contribution in [0.2, 0.25) is 44.1 Å². The maximum absolute atomic E-state index is 2.74. The Balaban J connectivity index is 1.07. The van der Waals surface area contributed by atoms with Crippen molar-refractivity contribution in [3.8, 4) is 58.5 Å². The average molecular weight is 1010 g/mol. The van der Waals surface area contributed by atoms with Gasteiger partial charge in [0, 0.05) is 73.2 Å². The summed E-state index contributed by atoms with van der Waals surface area (Å²) in [5.74, 6) is 0. The average Bonchev–Trinajstić information content (AvgIpc) is 4.11. The molecule has 9 aromatic heterocycles. The minimum atomic E-state index is -2.07. The molecule has 61 heavy (non-hydrogen) atoms. The summed E-state index contributed by atoms with van der Waals surface area (Å²) in [5.41, 5.74) is 0. The fourth-order valence-corrected chi connectivity index (χ4v) is 52.1. The quantitative estimate of drug-likeness (QED) is 0.0898. The Kier molecular flexibility index (Phi) is 12.8. The van der Waals surface area contributed by atoms with Crippen molar-refractivity contribution in [1.82, 2.24) is 0 Å². The van der Waals surface area contributed by atoms with Gasteiger partial charge in [-0.2, -0.15) is 0 Å². The van der Waals surface area contributed by atoms with Gasteiger partial charge in [0.2, 0.25) is 0 Å². The minimum absolute atomic E-state index is 0.685. The summed E-state index contributed by atoms with van der Waals surface area (Å²) < 4.78 is 4.99. The molecule has 0 bridgehead atoms. The van der Waals surface area contributed by atoms with Crippen molar-refractivity contribution >= 4 is 140 Å². The zero-order chi connectivity index (χ0) is 42.7. The molecule has 12 heteroatoms. The maximum Gasteiger partial charge on any atom is 0.0920 e. The Morgan fingerprint density at radius 3 is 0.705 bits per heavy atom. The molecule has 0 spiro atoms. The molecule has 0 saturated heterocycles. The monoisotopic (exact) mass is 1010 g/mol. The van der Waals surface area contributed by atoms with E-state index in [0.717, 1.165) is 19.3 Å². The van der Waals surface area contributed by atoms with Crippen LogP contribution in [0.5, 0.6) is 0 Å². The van der Waals surface area contributed by atoms with E-state index in [-0.39, 0.29) is 0 Å². The summed E-state index contributed by atoms with van der Waals surface area (Å²) in [7, 11) is -6.21. The largest absolute Gasteiger partial charge is 0.144 e. The summed E-state index contributed by atoms with van der Waals surface area (Å²) in [5, 5.41) is 0. The van der Waals surface area contributed by atoms with Crippen LogP contribution < -0.4 is 13.5 Å². The second kappa shape index (κ2) is 17.7. The van der Waals surface area contributed by atoms with Gasteiger partial charge in [0.15, 0.2) is 0 Å². The van der Waals surface area contributed by atoms with E-state index in [0.29, 0.717) is 4.79 Å². The van der Waals surface area contributed by atoms with Gasteiger partial charge in [-0.1, -0.05) is 78.3 Å². The third kappa shape index (κ3) is 8.63. The standard InChI is InChI=1S/C49H52S9Si3/c1-10-31-13-16-34(50-31)37-19-22-40(53-37)43-25-28-46(56-43)59(4,5)49(60(6,7)47-29-26-44(57-47)41-23-20-38(54-41)35-17-14-32(11-2)51-35)61(8,9)48-30-27-45(58-48)42-24-21-39(55-42)36-18-15-33(12-3)52-36/h13-30,49H,10-12H2,1-9H3. The second-order valence-electron chi connectivity index (χ2n) is 17.4. The fourth-order valence-electron chi connectivity index (χ4n) is 9.49. The zero-order valence-corrected chi connectivity index (χ0v) is 46.6. The number of rotatable bonds is 15. The topological polar surface area (TPSA) is 0 Å². The van der Waals surface area contributed by atoms with Crippen molar-refractivity contribution in [2.24, 2.45) is 0 Å². The Morgan fingerprint density at radius 1 is 0.279 bits per heavy atom. The van der Waals surface area contributed by atoms with Crippen LogP contribution in [0.1, 0.15) is 35.4 Å². The Morgan fingerprint density at radius 2 is 0.475 bits per heavy atom. The van der Waals surface area contributed by atoms with Crippen LogP contribution in [-0.2, 0) is 19.3 Å². The van der Waals surface area contributed by atoms with Crippen LogP contribution in [0.3, 0.4) is 0 Å². The molecule has 314 valence electrons. The van der Waals surface area contributed by atoms with Gasteiger partial charge in [-0.25, -0.2) is 0 Å². The predicted octanol–water partition coefficient (Wildman–Crippen LogP) is 17.5. The van der Waals surface area contributed by atoms with Crippen molar-refractivity contribution in [3.63, 3.8) is 0 Å². The highest BCUT2D eigenvalue weighted by Crippen LogP contribution is 2.47. The summed E-state index contributed by atoms with van der Waals surface area (Å²) >= 11 is 18.1. The number of aryl methyl sites for hydroxylation is 3. The molecule has 0 atom stereocenters. The summed E-state index contributed by atoms with van der Waals surface area (Å²) in [6.07, 6.45) is 3.31. The lowest BCUT2D eigenvalue weighted by Gasteiger charge is -2.49. The molecular formula is C49H52S9Si3. The fraction of sp³-hybridized carbons (Fsp3) is 0.265. The van der Waals surface area contributed by atoms with E-state index in [1.165, 1.54) is 73.2 Å². The van der Waals surface area contributed by atoms with E-state index < -0.39 is 24.2 Å². The maximum atomic E-state index is 2.74. The van der Waals surface area contributed by atoms with Crippen LogP contribution in [-0.4, -0.2) is 24.2 Å². The molecule has 0 aliphatic rings. The highest BCUT2D eigenvalue weighted by Gasteiger charge is 2.55. The molecule has 0 saturated carbocycles. The molecule has 0 unspecified atom stereocenters. The van der Waals surface area contributed by atoms with Gasteiger partial charge in [-0.05, 0) is 129 Å². The molecule has 0 amide bonds. The van der Waals surface area contributed by atoms with Gasteiger partial charge in [0.1, 0.15) is 0 Å². The first-order valence-corrected chi connectivity index (χ1v) is 37.7. The third-order valence-electron chi connectivity index (χ3n) is 12.2. The van der Waals surface area contributed by atoms with Gasteiger partial charge in [-0.15, -0.1) is 102 Å². The third-order valence-corrected chi connectivity index (χ3v) is 50.3. The van der Waals surface area contributed by atoms with E-state index >= 15 is 0 Å². The lowest BCUT2D eigenvalue weighted by molar-refractivity contribution is 1.19. The molecule has 9 heterocycles.